The number of para-hydroxylation sites is 3. The Hall–Kier alpha value is -3.68. The lowest BCUT2D eigenvalue weighted by Crippen LogP contribution is -2.29. The summed E-state index contributed by atoms with van der Waals surface area (Å²) in [5.41, 5.74) is 0.474. The van der Waals surface area contributed by atoms with Gasteiger partial charge in [-0.2, -0.15) is 0 Å². The number of ether oxygens (including phenoxy) is 2. The minimum atomic E-state index is -1.14. The van der Waals surface area contributed by atoms with Crippen LogP contribution >= 0.6 is 0 Å². The van der Waals surface area contributed by atoms with E-state index in [2.05, 4.69) is 5.32 Å². The van der Waals surface area contributed by atoms with Gasteiger partial charge in [0, 0.05) is 17.7 Å². The van der Waals surface area contributed by atoms with E-state index in [9.17, 15) is 19.7 Å². The largest absolute Gasteiger partial charge is 0.493 e. The van der Waals surface area contributed by atoms with Gasteiger partial charge >= 0.3 is 5.97 Å². The quantitative estimate of drug-likeness (QED) is 0.323. The van der Waals surface area contributed by atoms with Crippen molar-refractivity contribution in [1.82, 2.24) is 0 Å². The third-order valence-electron chi connectivity index (χ3n) is 3.64. The number of hydrogen-bond acceptors (Lipinski definition) is 6. The molecule has 8 nitrogen and oxygen atoms in total. The van der Waals surface area contributed by atoms with E-state index in [0.717, 1.165) is 0 Å². The minimum Gasteiger partial charge on any atom is -0.493 e. The molecule has 146 valence electrons. The molecular weight excluding hydrogens is 364 g/mol. The molecule has 8 heteroatoms. The van der Waals surface area contributed by atoms with E-state index in [-0.39, 0.29) is 11.4 Å². The SMILES string of the molecule is CCOc1ccccc1/C=C/C(=O)O[C@H](C)C(=O)Nc1ccccc1[N+](=O)[O-]. The Morgan fingerprint density at radius 1 is 1.18 bits per heavy atom. The molecule has 2 aromatic carbocycles. The van der Waals surface area contributed by atoms with Gasteiger partial charge in [0.1, 0.15) is 11.4 Å². The van der Waals surface area contributed by atoms with Crippen molar-refractivity contribution in [2.75, 3.05) is 11.9 Å². The number of hydrogen-bond donors (Lipinski definition) is 1. The molecule has 1 N–H and O–H groups in total. The number of nitro groups is 1. The first-order valence-corrected chi connectivity index (χ1v) is 8.57. The lowest BCUT2D eigenvalue weighted by Gasteiger charge is -2.12. The monoisotopic (exact) mass is 384 g/mol. The number of carbonyl (C=O) groups excluding carboxylic acids is 2. The van der Waals surface area contributed by atoms with Crippen LogP contribution in [0.3, 0.4) is 0 Å². The first-order chi connectivity index (χ1) is 13.4. The Bertz CT molecular complexity index is 894. The molecule has 0 bridgehead atoms. The Labute approximate surface area is 161 Å². The molecule has 0 aliphatic rings. The molecule has 0 spiro atoms. The van der Waals surface area contributed by atoms with Crippen molar-refractivity contribution in [2.45, 2.75) is 20.0 Å². The number of rotatable bonds is 8. The minimum absolute atomic E-state index is 0.0292. The summed E-state index contributed by atoms with van der Waals surface area (Å²) in [4.78, 5) is 34.6. The second-order valence-electron chi connectivity index (χ2n) is 5.65. The first kappa shape index (κ1) is 20.6. The lowest BCUT2D eigenvalue weighted by molar-refractivity contribution is -0.383. The molecule has 0 radical (unpaired) electrons. The maximum atomic E-state index is 12.2. The summed E-state index contributed by atoms with van der Waals surface area (Å²) in [5.74, 6) is -0.779. The summed E-state index contributed by atoms with van der Waals surface area (Å²) in [6.45, 7) is 3.72. The second kappa shape index (κ2) is 9.86. The molecule has 0 unspecified atom stereocenters. The van der Waals surface area contributed by atoms with Gasteiger partial charge in [-0.25, -0.2) is 4.79 Å². The maximum Gasteiger partial charge on any atom is 0.331 e. The fraction of sp³-hybridized carbons (Fsp3) is 0.200. The molecule has 0 saturated carbocycles. The summed E-state index contributed by atoms with van der Waals surface area (Å²) in [5, 5.41) is 13.4. The fourth-order valence-electron chi connectivity index (χ4n) is 2.30. The van der Waals surface area contributed by atoms with Gasteiger partial charge in [-0.3, -0.25) is 14.9 Å². The first-order valence-electron chi connectivity index (χ1n) is 8.57. The molecule has 1 atom stereocenters. The van der Waals surface area contributed by atoms with Crippen LogP contribution in [0.25, 0.3) is 6.08 Å². The van der Waals surface area contributed by atoms with Crippen molar-refractivity contribution in [3.05, 3.63) is 70.3 Å². The van der Waals surface area contributed by atoms with Gasteiger partial charge in [-0.1, -0.05) is 30.3 Å². The van der Waals surface area contributed by atoms with Gasteiger partial charge in [-0.15, -0.1) is 0 Å². The molecule has 2 aromatic rings. The maximum absolute atomic E-state index is 12.2. The lowest BCUT2D eigenvalue weighted by atomic mass is 10.2. The molecule has 0 fully saturated rings. The molecule has 0 saturated heterocycles. The highest BCUT2D eigenvalue weighted by molar-refractivity contribution is 5.98. The Morgan fingerprint density at radius 3 is 2.57 bits per heavy atom. The standard InChI is InChI=1S/C20H20N2O6/c1-3-27-18-11-7-4-8-15(18)12-13-19(23)28-14(2)20(24)21-16-9-5-6-10-17(16)22(25)26/h4-14H,3H2,1-2H3,(H,21,24)/b13-12+/t14-/m1/s1. The van der Waals surface area contributed by atoms with E-state index < -0.39 is 22.9 Å². The van der Waals surface area contributed by atoms with Crippen molar-refractivity contribution in [3.63, 3.8) is 0 Å². The van der Waals surface area contributed by atoms with Crippen LogP contribution in [0.5, 0.6) is 5.75 Å². The van der Waals surface area contributed by atoms with Gasteiger partial charge in [0.25, 0.3) is 11.6 Å². The Kier molecular flexibility index (Phi) is 7.27. The number of amides is 1. The Balaban J connectivity index is 1.99. The van der Waals surface area contributed by atoms with Crippen LogP contribution in [-0.4, -0.2) is 29.5 Å². The second-order valence-corrected chi connectivity index (χ2v) is 5.65. The van der Waals surface area contributed by atoms with Crippen LogP contribution in [0.15, 0.2) is 54.6 Å². The highest BCUT2D eigenvalue weighted by Crippen LogP contribution is 2.23. The normalized spacial score (nSPS) is 11.6. The molecular formula is C20H20N2O6. The predicted octanol–water partition coefficient (Wildman–Crippen LogP) is 3.58. The number of nitro benzene ring substituents is 1. The van der Waals surface area contributed by atoms with Crippen LogP contribution in [0, 0.1) is 10.1 Å². The fourth-order valence-corrected chi connectivity index (χ4v) is 2.30. The average Bonchev–Trinajstić information content (AvgIpc) is 2.67. The number of carbonyl (C=O) groups is 2. The van der Waals surface area contributed by atoms with E-state index >= 15 is 0 Å². The van der Waals surface area contributed by atoms with Crippen LogP contribution < -0.4 is 10.1 Å². The van der Waals surface area contributed by atoms with E-state index in [1.165, 1.54) is 37.3 Å². The third kappa shape index (κ3) is 5.66. The van der Waals surface area contributed by atoms with Crippen molar-refractivity contribution >= 4 is 29.3 Å². The summed E-state index contributed by atoms with van der Waals surface area (Å²) in [6.07, 6.45) is 1.58. The highest BCUT2D eigenvalue weighted by Gasteiger charge is 2.20. The van der Waals surface area contributed by atoms with E-state index in [4.69, 9.17) is 9.47 Å². The molecule has 2 rings (SSSR count). The molecule has 0 aliphatic carbocycles. The molecule has 0 aliphatic heterocycles. The number of esters is 1. The van der Waals surface area contributed by atoms with Crippen molar-refractivity contribution in [2.24, 2.45) is 0 Å². The van der Waals surface area contributed by atoms with E-state index in [0.29, 0.717) is 17.9 Å². The third-order valence-corrected chi connectivity index (χ3v) is 3.64. The van der Waals surface area contributed by atoms with Gasteiger partial charge in [0.2, 0.25) is 0 Å². The number of anilines is 1. The summed E-state index contributed by atoms with van der Waals surface area (Å²) in [7, 11) is 0. The van der Waals surface area contributed by atoms with Gasteiger partial charge in [0.15, 0.2) is 6.10 Å². The van der Waals surface area contributed by atoms with Gasteiger partial charge < -0.3 is 14.8 Å². The topological polar surface area (TPSA) is 108 Å². The number of nitrogens with one attached hydrogen (secondary N) is 1. The van der Waals surface area contributed by atoms with Gasteiger partial charge in [-0.05, 0) is 32.1 Å². The summed E-state index contributed by atoms with van der Waals surface area (Å²) < 4.78 is 10.5. The van der Waals surface area contributed by atoms with Gasteiger partial charge in [0.05, 0.1) is 11.5 Å². The zero-order valence-electron chi connectivity index (χ0n) is 15.5. The molecule has 0 aromatic heterocycles. The zero-order valence-corrected chi connectivity index (χ0v) is 15.5. The molecule has 1 amide bonds. The number of nitrogens with zero attached hydrogens (tertiary/aromatic N) is 1. The highest BCUT2D eigenvalue weighted by atomic mass is 16.6. The van der Waals surface area contributed by atoms with E-state index in [1.807, 2.05) is 13.0 Å². The van der Waals surface area contributed by atoms with Crippen LogP contribution in [-0.2, 0) is 14.3 Å². The van der Waals surface area contributed by atoms with Crippen molar-refractivity contribution in [3.8, 4) is 5.75 Å². The van der Waals surface area contributed by atoms with E-state index in [1.54, 1.807) is 24.3 Å². The zero-order chi connectivity index (χ0) is 20.5. The van der Waals surface area contributed by atoms with Crippen LogP contribution in [0.2, 0.25) is 0 Å². The Morgan fingerprint density at radius 2 is 1.86 bits per heavy atom. The summed E-state index contributed by atoms with van der Waals surface area (Å²) >= 11 is 0. The number of benzene rings is 2. The summed E-state index contributed by atoms with van der Waals surface area (Å²) in [6, 6.07) is 12.9. The predicted molar refractivity (Wildman–Crippen MR) is 104 cm³/mol. The van der Waals surface area contributed by atoms with Crippen molar-refractivity contribution in [1.29, 1.82) is 0 Å². The molecule has 0 heterocycles. The van der Waals surface area contributed by atoms with Crippen LogP contribution in [0.4, 0.5) is 11.4 Å². The average molecular weight is 384 g/mol. The van der Waals surface area contributed by atoms with Crippen molar-refractivity contribution < 1.29 is 24.0 Å². The van der Waals surface area contributed by atoms with Crippen LogP contribution in [0.1, 0.15) is 19.4 Å². The molecule has 28 heavy (non-hydrogen) atoms. The smallest absolute Gasteiger partial charge is 0.331 e.